The van der Waals surface area contributed by atoms with E-state index in [1.807, 2.05) is 38.1 Å². The third kappa shape index (κ3) is 1.76. The molecule has 3 aromatic rings. The Hall–Kier alpha value is -2.36. The summed E-state index contributed by atoms with van der Waals surface area (Å²) in [6, 6.07) is 7.88. The van der Waals surface area contributed by atoms with Crippen LogP contribution < -0.4 is 0 Å². The van der Waals surface area contributed by atoms with Gasteiger partial charge in [-0.05, 0) is 38.5 Å². The molecule has 0 aliphatic heterocycles. The van der Waals surface area contributed by atoms with Crippen molar-refractivity contribution >= 4 is 16.8 Å². The first kappa shape index (κ1) is 11.7. The van der Waals surface area contributed by atoms with E-state index < -0.39 is 0 Å². The highest BCUT2D eigenvalue weighted by molar-refractivity contribution is 5.98. The average Bonchev–Trinajstić information content (AvgIpc) is 2.89. The monoisotopic (exact) mass is 253 g/mol. The van der Waals surface area contributed by atoms with Crippen LogP contribution in [0.25, 0.3) is 22.6 Å². The zero-order chi connectivity index (χ0) is 13.6. The highest BCUT2D eigenvalue weighted by atomic mass is 16.1. The van der Waals surface area contributed by atoms with Gasteiger partial charge in [0.1, 0.15) is 0 Å². The molecule has 2 heterocycles. The Balaban J connectivity index is 2.22. The van der Waals surface area contributed by atoms with E-state index in [1.165, 1.54) is 0 Å². The standard InChI is InChI=1S/C15H15N3O/c1-8-13(10(3)19)9(2)16-14(8)15-17-11-6-4-5-7-12(11)18-15/h4-7,16H,1-3H3,(H,17,18). The molecular weight excluding hydrogens is 238 g/mol. The van der Waals surface area contributed by atoms with Crippen LogP contribution in [0, 0.1) is 13.8 Å². The third-order valence-corrected chi connectivity index (χ3v) is 3.42. The van der Waals surface area contributed by atoms with Gasteiger partial charge in [0.25, 0.3) is 0 Å². The number of carbonyl (C=O) groups excluding carboxylic acids is 1. The van der Waals surface area contributed by atoms with Gasteiger partial charge in [-0.1, -0.05) is 12.1 Å². The molecule has 0 saturated heterocycles. The van der Waals surface area contributed by atoms with Crippen molar-refractivity contribution in [3.63, 3.8) is 0 Å². The molecule has 0 spiro atoms. The summed E-state index contributed by atoms with van der Waals surface area (Å²) in [6.07, 6.45) is 0. The maximum Gasteiger partial charge on any atom is 0.161 e. The number of fused-ring (bicyclic) bond motifs is 1. The number of hydrogen-bond acceptors (Lipinski definition) is 2. The number of para-hydroxylation sites is 2. The fraction of sp³-hybridized carbons (Fsp3) is 0.200. The molecule has 0 fully saturated rings. The van der Waals surface area contributed by atoms with E-state index in [-0.39, 0.29) is 5.78 Å². The second-order valence-electron chi connectivity index (χ2n) is 4.78. The molecule has 4 heteroatoms. The second kappa shape index (κ2) is 4.09. The van der Waals surface area contributed by atoms with Crippen molar-refractivity contribution in [1.29, 1.82) is 0 Å². The molecule has 1 aromatic carbocycles. The van der Waals surface area contributed by atoms with Crippen molar-refractivity contribution in [1.82, 2.24) is 15.0 Å². The number of benzene rings is 1. The van der Waals surface area contributed by atoms with Crippen LogP contribution in [-0.4, -0.2) is 20.7 Å². The fourth-order valence-electron chi connectivity index (χ4n) is 2.59. The Labute approximate surface area is 110 Å². The zero-order valence-electron chi connectivity index (χ0n) is 11.2. The maximum atomic E-state index is 11.7. The average molecular weight is 253 g/mol. The summed E-state index contributed by atoms with van der Waals surface area (Å²) in [5, 5.41) is 0. The van der Waals surface area contributed by atoms with Crippen LogP contribution in [0.3, 0.4) is 0 Å². The molecule has 0 aliphatic carbocycles. The van der Waals surface area contributed by atoms with Crippen LogP contribution in [0.1, 0.15) is 28.5 Å². The molecule has 0 aliphatic rings. The summed E-state index contributed by atoms with van der Waals surface area (Å²) in [5.41, 5.74) is 5.40. The summed E-state index contributed by atoms with van der Waals surface area (Å²) in [6.45, 7) is 5.45. The molecule has 2 N–H and O–H groups in total. The Morgan fingerprint density at radius 1 is 1.16 bits per heavy atom. The van der Waals surface area contributed by atoms with Crippen molar-refractivity contribution in [2.45, 2.75) is 20.8 Å². The topological polar surface area (TPSA) is 61.5 Å². The van der Waals surface area contributed by atoms with Crippen LogP contribution in [0.4, 0.5) is 0 Å². The Morgan fingerprint density at radius 2 is 1.89 bits per heavy atom. The predicted molar refractivity (Wildman–Crippen MR) is 75.4 cm³/mol. The number of Topliss-reactive ketones (excluding diaryl/α,β-unsaturated/α-hetero) is 1. The van der Waals surface area contributed by atoms with Crippen LogP contribution in [0.5, 0.6) is 0 Å². The zero-order valence-corrected chi connectivity index (χ0v) is 11.2. The van der Waals surface area contributed by atoms with Gasteiger partial charge in [0, 0.05) is 11.3 Å². The highest BCUT2D eigenvalue weighted by Gasteiger charge is 2.18. The lowest BCUT2D eigenvalue weighted by Crippen LogP contribution is -1.94. The van der Waals surface area contributed by atoms with Gasteiger partial charge < -0.3 is 9.97 Å². The summed E-state index contributed by atoms with van der Waals surface area (Å²) in [7, 11) is 0. The summed E-state index contributed by atoms with van der Waals surface area (Å²) in [4.78, 5) is 22.7. The molecule has 4 nitrogen and oxygen atoms in total. The Kier molecular flexibility index (Phi) is 2.52. The summed E-state index contributed by atoms with van der Waals surface area (Å²) in [5.74, 6) is 0.850. The van der Waals surface area contributed by atoms with E-state index in [2.05, 4.69) is 15.0 Å². The van der Waals surface area contributed by atoms with Crippen LogP contribution in [0.2, 0.25) is 0 Å². The molecule has 0 atom stereocenters. The molecule has 0 radical (unpaired) electrons. The lowest BCUT2D eigenvalue weighted by atomic mass is 10.1. The number of hydrogen-bond donors (Lipinski definition) is 2. The first-order chi connectivity index (χ1) is 9.08. The van der Waals surface area contributed by atoms with Gasteiger partial charge in [0.05, 0.1) is 16.7 Å². The fourth-order valence-corrected chi connectivity index (χ4v) is 2.59. The van der Waals surface area contributed by atoms with Crippen molar-refractivity contribution in [2.75, 3.05) is 0 Å². The number of rotatable bonds is 2. The van der Waals surface area contributed by atoms with Crippen LogP contribution in [-0.2, 0) is 0 Å². The van der Waals surface area contributed by atoms with E-state index in [0.717, 1.165) is 39.4 Å². The van der Waals surface area contributed by atoms with E-state index in [9.17, 15) is 4.79 Å². The van der Waals surface area contributed by atoms with Crippen molar-refractivity contribution in [3.05, 3.63) is 41.1 Å². The first-order valence-electron chi connectivity index (χ1n) is 6.23. The molecule has 2 aromatic heterocycles. The number of aryl methyl sites for hydroxylation is 1. The van der Waals surface area contributed by atoms with Crippen LogP contribution >= 0.6 is 0 Å². The summed E-state index contributed by atoms with van der Waals surface area (Å²) >= 11 is 0. The van der Waals surface area contributed by atoms with Gasteiger partial charge >= 0.3 is 0 Å². The Morgan fingerprint density at radius 3 is 2.53 bits per heavy atom. The lowest BCUT2D eigenvalue weighted by Gasteiger charge is -1.96. The first-order valence-corrected chi connectivity index (χ1v) is 6.23. The molecule has 96 valence electrons. The van der Waals surface area contributed by atoms with E-state index in [4.69, 9.17) is 0 Å². The smallest absolute Gasteiger partial charge is 0.161 e. The highest BCUT2D eigenvalue weighted by Crippen LogP contribution is 2.27. The minimum Gasteiger partial charge on any atom is -0.355 e. The molecule has 0 unspecified atom stereocenters. The van der Waals surface area contributed by atoms with Gasteiger partial charge in [0.15, 0.2) is 11.6 Å². The second-order valence-corrected chi connectivity index (χ2v) is 4.78. The number of ketones is 1. The van der Waals surface area contributed by atoms with Crippen molar-refractivity contribution < 1.29 is 4.79 Å². The molecule has 19 heavy (non-hydrogen) atoms. The Bertz CT molecular complexity index is 747. The van der Waals surface area contributed by atoms with E-state index >= 15 is 0 Å². The number of nitrogens with one attached hydrogen (secondary N) is 2. The van der Waals surface area contributed by atoms with Gasteiger partial charge in [-0.15, -0.1) is 0 Å². The minimum absolute atomic E-state index is 0.0774. The number of carbonyl (C=O) groups is 1. The van der Waals surface area contributed by atoms with Crippen molar-refractivity contribution in [2.24, 2.45) is 0 Å². The van der Waals surface area contributed by atoms with Gasteiger partial charge in [-0.2, -0.15) is 0 Å². The molecular formula is C15H15N3O. The normalized spacial score (nSPS) is 11.1. The minimum atomic E-state index is 0.0774. The largest absolute Gasteiger partial charge is 0.355 e. The van der Waals surface area contributed by atoms with Crippen LogP contribution in [0.15, 0.2) is 24.3 Å². The van der Waals surface area contributed by atoms with E-state index in [0.29, 0.717) is 0 Å². The van der Waals surface area contributed by atoms with Gasteiger partial charge in [-0.3, -0.25) is 4.79 Å². The van der Waals surface area contributed by atoms with Gasteiger partial charge in [-0.25, -0.2) is 4.98 Å². The van der Waals surface area contributed by atoms with Gasteiger partial charge in [0.2, 0.25) is 0 Å². The summed E-state index contributed by atoms with van der Waals surface area (Å²) < 4.78 is 0. The molecule has 3 rings (SSSR count). The maximum absolute atomic E-state index is 11.7. The quantitative estimate of drug-likeness (QED) is 0.688. The lowest BCUT2D eigenvalue weighted by molar-refractivity contribution is 0.101. The van der Waals surface area contributed by atoms with E-state index in [1.54, 1.807) is 6.92 Å². The van der Waals surface area contributed by atoms with Crippen molar-refractivity contribution in [3.8, 4) is 11.5 Å². The number of H-pyrrole nitrogens is 2. The SMILES string of the molecule is CC(=O)c1c(C)[nH]c(-c2nc3ccccc3[nH]2)c1C. The third-order valence-electron chi connectivity index (χ3n) is 3.42. The number of aromatic amines is 2. The molecule has 0 bridgehead atoms. The molecule has 0 amide bonds. The number of aromatic nitrogens is 3. The predicted octanol–water partition coefficient (Wildman–Crippen LogP) is 3.38. The number of imidazole rings is 1. The number of nitrogens with zero attached hydrogens (tertiary/aromatic N) is 1. The molecule has 0 saturated carbocycles.